The molecule has 2 heterocycles. The Hall–Kier alpha value is -1.40. The minimum absolute atomic E-state index is 0.0912. The Balaban J connectivity index is 1.64. The Morgan fingerprint density at radius 1 is 1.19 bits per heavy atom. The van der Waals surface area contributed by atoms with E-state index in [0.29, 0.717) is 19.6 Å². The molecule has 1 amide bonds. The minimum Gasteiger partial charge on any atom is -0.311 e. The number of sulfone groups is 1. The number of likely N-dealkylation sites (tertiary alicyclic amines) is 1. The average molecular weight is 308 g/mol. The molecule has 1 aromatic carbocycles. The molecule has 5 nitrogen and oxygen atoms in total. The first-order valence-electron chi connectivity index (χ1n) is 7.35. The fraction of sp³-hybridized carbons (Fsp3) is 0.533. The number of carbonyl (C=O) groups excluding carboxylic acids is 1. The van der Waals surface area contributed by atoms with Gasteiger partial charge in [-0.2, -0.15) is 0 Å². The first-order chi connectivity index (χ1) is 10.0. The maximum atomic E-state index is 12.5. The van der Waals surface area contributed by atoms with Crippen molar-refractivity contribution in [2.45, 2.75) is 24.6 Å². The van der Waals surface area contributed by atoms with Crippen LogP contribution in [-0.4, -0.2) is 55.9 Å². The number of amides is 1. The number of nitrogens with zero attached hydrogens (tertiary/aromatic N) is 2. The quantitative estimate of drug-likeness (QED) is 0.829. The van der Waals surface area contributed by atoms with Gasteiger partial charge in [0, 0.05) is 31.1 Å². The highest BCUT2D eigenvalue weighted by molar-refractivity contribution is 7.92. The zero-order valence-corrected chi connectivity index (χ0v) is 12.9. The summed E-state index contributed by atoms with van der Waals surface area (Å²) >= 11 is 0. The summed E-state index contributed by atoms with van der Waals surface area (Å²) in [5.74, 6) is 0.272. The van der Waals surface area contributed by atoms with Crippen molar-refractivity contribution >= 4 is 21.4 Å². The maximum Gasteiger partial charge on any atom is 0.244 e. The number of hydrogen-bond donors (Lipinski definition) is 0. The first-order valence-corrected chi connectivity index (χ1v) is 9.06. The van der Waals surface area contributed by atoms with Crippen LogP contribution in [0.3, 0.4) is 0 Å². The highest BCUT2D eigenvalue weighted by Gasteiger charge is 2.45. The van der Waals surface area contributed by atoms with Gasteiger partial charge in [-0.1, -0.05) is 25.1 Å². The van der Waals surface area contributed by atoms with E-state index in [-0.39, 0.29) is 23.0 Å². The van der Waals surface area contributed by atoms with Crippen LogP contribution in [0.15, 0.2) is 30.3 Å². The SMILES string of the molecule is CCS(=O)(=O)C1CN([C@H]2CCN(c3ccccc3)C2=O)C1. The molecule has 2 fully saturated rings. The van der Waals surface area contributed by atoms with E-state index in [0.717, 1.165) is 12.1 Å². The van der Waals surface area contributed by atoms with Gasteiger partial charge in [0.1, 0.15) is 0 Å². The number of rotatable bonds is 4. The van der Waals surface area contributed by atoms with Gasteiger partial charge in [-0.15, -0.1) is 0 Å². The Labute approximate surface area is 125 Å². The van der Waals surface area contributed by atoms with E-state index in [1.807, 2.05) is 35.2 Å². The Morgan fingerprint density at radius 3 is 2.48 bits per heavy atom. The molecule has 0 aromatic heterocycles. The molecule has 2 saturated heterocycles. The maximum absolute atomic E-state index is 12.5. The van der Waals surface area contributed by atoms with Crippen molar-refractivity contribution in [3.05, 3.63) is 30.3 Å². The van der Waals surface area contributed by atoms with Gasteiger partial charge in [0.05, 0.1) is 11.3 Å². The molecule has 0 saturated carbocycles. The van der Waals surface area contributed by atoms with E-state index in [4.69, 9.17) is 0 Å². The molecule has 2 aliphatic heterocycles. The van der Waals surface area contributed by atoms with Crippen LogP contribution < -0.4 is 4.90 Å². The molecule has 0 spiro atoms. The van der Waals surface area contributed by atoms with Gasteiger partial charge in [0.15, 0.2) is 9.84 Å². The van der Waals surface area contributed by atoms with Gasteiger partial charge in [0.2, 0.25) is 5.91 Å². The number of hydrogen-bond acceptors (Lipinski definition) is 4. The molecule has 3 rings (SSSR count). The van der Waals surface area contributed by atoms with E-state index < -0.39 is 9.84 Å². The molecule has 1 aromatic rings. The normalized spacial score (nSPS) is 24.3. The lowest BCUT2D eigenvalue weighted by atomic mass is 10.1. The van der Waals surface area contributed by atoms with E-state index >= 15 is 0 Å². The second kappa shape index (κ2) is 5.42. The minimum atomic E-state index is -2.97. The molecule has 1 atom stereocenters. The van der Waals surface area contributed by atoms with Crippen LogP contribution in [0.2, 0.25) is 0 Å². The third-order valence-corrected chi connectivity index (χ3v) is 6.59. The summed E-state index contributed by atoms with van der Waals surface area (Å²) in [6.45, 7) is 3.37. The fourth-order valence-electron chi connectivity index (χ4n) is 3.05. The third-order valence-electron chi connectivity index (χ3n) is 4.47. The first kappa shape index (κ1) is 14.5. The average Bonchev–Trinajstić information content (AvgIpc) is 2.80. The fourth-order valence-corrected chi connectivity index (χ4v) is 4.36. The highest BCUT2D eigenvalue weighted by Crippen LogP contribution is 2.28. The van der Waals surface area contributed by atoms with E-state index in [1.165, 1.54) is 0 Å². The lowest BCUT2D eigenvalue weighted by molar-refractivity contribution is -0.122. The summed E-state index contributed by atoms with van der Waals surface area (Å²) in [4.78, 5) is 16.3. The van der Waals surface area contributed by atoms with Gasteiger partial charge in [-0.3, -0.25) is 9.69 Å². The zero-order chi connectivity index (χ0) is 15.0. The van der Waals surface area contributed by atoms with Crippen LogP contribution in [0.25, 0.3) is 0 Å². The monoisotopic (exact) mass is 308 g/mol. The zero-order valence-electron chi connectivity index (χ0n) is 12.1. The van der Waals surface area contributed by atoms with Crippen LogP contribution >= 0.6 is 0 Å². The number of para-hydroxylation sites is 1. The van der Waals surface area contributed by atoms with Crippen molar-refractivity contribution in [2.24, 2.45) is 0 Å². The Morgan fingerprint density at radius 2 is 1.86 bits per heavy atom. The van der Waals surface area contributed by atoms with Crippen molar-refractivity contribution in [3.8, 4) is 0 Å². The Kier molecular flexibility index (Phi) is 3.75. The van der Waals surface area contributed by atoms with Crippen molar-refractivity contribution in [1.82, 2.24) is 4.90 Å². The molecule has 0 bridgehead atoms. The van der Waals surface area contributed by atoms with Gasteiger partial charge >= 0.3 is 0 Å². The van der Waals surface area contributed by atoms with Crippen LogP contribution in [0.5, 0.6) is 0 Å². The molecule has 0 N–H and O–H groups in total. The van der Waals surface area contributed by atoms with Crippen LogP contribution in [0.1, 0.15) is 13.3 Å². The van der Waals surface area contributed by atoms with E-state index in [9.17, 15) is 13.2 Å². The molecular weight excluding hydrogens is 288 g/mol. The van der Waals surface area contributed by atoms with Crippen LogP contribution in [-0.2, 0) is 14.6 Å². The van der Waals surface area contributed by atoms with Crippen molar-refractivity contribution in [3.63, 3.8) is 0 Å². The predicted octanol–water partition coefficient (Wildman–Crippen LogP) is 0.911. The smallest absolute Gasteiger partial charge is 0.244 e. The lowest BCUT2D eigenvalue weighted by Gasteiger charge is -2.41. The molecule has 114 valence electrons. The van der Waals surface area contributed by atoms with Gasteiger partial charge in [-0.25, -0.2) is 8.42 Å². The summed E-state index contributed by atoms with van der Waals surface area (Å²) < 4.78 is 23.6. The number of carbonyl (C=O) groups is 1. The highest BCUT2D eigenvalue weighted by atomic mass is 32.2. The molecule has 6 heteroatoms. The second-order valence-electron chi connectivity index (χ2n) is 5.66. The van der Waals surface area contributed by atoms with Crippen LogP contribution in [0, 0.1) is 0 Å². The predicted molar refractivity (Wildman–Crippen MR) is 82.0 cm³/mol. The van der Waals surface area contributed by atoms with E-state index in [1.54, 1.807) is 11.8 Å². The standard InChI is InChI=1S/C15H20N2O3S/c1-2-21(19,20)13-10-16(11-13)14-8-9-17(15(14)18)12-6-4-3-5-7-12/h3-7,13-14H,2,8-11H2,1H3/t14-/m0/s1. The third kappa shape index (κ3) is 2.58. The summed E-state index contributed by atoms with van der Waals surface area (Å²) in [5, 5.41) is -0.291. The Bertz CT molecular complexity index is 624. The van der Waals surface area contributed by atoms with Gasteiger partial charge in [-0.05, 0) is 18.6 Å². The van der Waals surface area contributed by atoms with Crippen molar-refractivity contribution in [1.29, 1.82) is 0 Å². The molecule has 2 aliphatic rings. The largest absolute Gasteiger partial charge is 0.311 e. The van der Waals surface area contributed by atoms with Crippen molar-refractivity contribution < 1.29 is 13.2 Å². The topological polar surface area (TPSA) is 57.7 Å². The molecule has 0 unspecified atom stereocenters. The van der Waals surface area contributed by atoms with E-state index in [2.05, 4.69) is 0 Å². The second-order valence-corrected chi connectivity index (χ2v) is 8.23. The summed E-state index contributed by atoms with van der Waals surface area (Å²) in [7, 11) is -2.97. The van der Waals surface area contributed by atoms with Gasteiger partial charge in [0.25, 0.3) is 0 Å². The van der Waals surface area contributed by atoms with Crippen LogP contribution in [0.4, 0.5) is 5.69 Å². The molecular formula is C15H20N2O3S. The van der Waals surface area contributed by atoms with Gasteiger partial charge < -0.3 is 4.90 Å². The summed E-state index contributed by atoms with van der Waals surface area (Å²) in [5.41, 5.74) is 0.920. The lowest BCUT2D eigenvalue weighted by Crippen LogP contribution is -2.60. The number of anilines is 1. The summed E-state index contributed by atoms with van der Waals surface area (Å²) in [6, 6.07) is 9.47. The summed E-state index contributed by atoms with van der Waals surface area (Å²) in [6.07, 6.45) is 0.770. The number of benzene rings is 1. The molecule has 0 radical (unpaired) electrons. The molecule has 0 aliphatic carbocycles. The van der Waals surface area contributed by atoms with Crippen molar-refractivity contribution in [2.75, 3.05) is 30.3 Å². The molecule has 21 heavy (non-hydrogen) atoms.